The van der Waals surface area contributed by atoms with Gasteiger partial charge >= 0.3 is 0 Å². The maximum absolute atomic E-state index is 12.9. The molecule has 1 N–H and O–H groups in total. The van der Waals surface area contributed by atoms with Crippen molar-refractivity contribution >= 4 is 10.0 Å². The zero-order valence-electron chi connectivity index (χ0n) is 12.0. The smallest absolute Gasteiger partial charge is 0.212 e. The topological polar surface area (TPSA) is 46.2 Å². The summed E-state index contributed by atoms with van der Waals surface area (Å²) in [5.74, 6) is -0.409. The molecule has 0 radical (unpaired) electrons. The Morgan fingerprint density at radius 3 is 2.43 bits per heavy atom. The summed E-state index contributed by atoms with van der Waals surface area (Å²) in [7, 11) is -3.45. The second-order valence-electron chi connectivity index (χ2n) is 5.14. The molecular weight excluding hydrogens is 289 g/mol. The predicted octanol–water partition coefficient (Wildman–Crippen LogP) is 3.31. The van der Waals surface area contributed by atoms with Gasteiger partial charge in [-0.2, -0.15) is 0 Å². The fourth-order valence-corrected chi connectivity index (χ4v) is 3.53. The SMILES string of the molecule is Cc1cccc(CS(=O)(=O)N[C@H](C)c2ccc(F)cc2)c1. The van der Waals surface area contributed by atoms with E-state index in [0.29, 0.717) is 0 Å². The molecular formula is C16H18FNO2S. The Balaban J connectivity index is 2.08. The van der Waals surface area contributed by atoms with Gasteiger partial charge in [-0.15, -0.1) is 0 Å². The average Bonchev–Trinajstić information content (AvgIpc) is 2.38. The molecule has 2 rings (SSSR count). The molecule has 5 heteroatoms. The van der Waals surface area contributed by atoms with E-state index in [0.717, 1.165) is 16.7 Å². The molecule has 2 aromatic rings. The van der Waals surface area contributed by atoms with E-state index >= 15 is 0 Å². The normalized spacial score (nSPS) is 13.1. The molecule has 0 unspecified atom stereocenters. The van der Waals surface area contributed by atoms with E-state index in [1.165, 1.54) is 12.1 Å². The Morgan fingerprint density at radius 2 is 1.81 bits per heavy atom. The molecule has 0 aromatic heterocycles. The van der Waals surface area contributed by atoms with Crippen LogP contribution in [-0.2, 0) is 15.8 Å². The third kappa shape index (κ3) is 4.65. The number of halogens is 1. The van der Waals surface area contributed by atoms with Crippen molar-refractivity contribution in [3.8, 4) is 0 Å². The first kappa shape index (κ1) is 15.7. The van der Waals surface area contributed by atoms with Gasteiger partial charge in [-0.1, -0.05) is 42.0 Å². The van der Waals surface area contributed by atoms with Crippen LogP contribution in [0.2, 0.25) is 0 Å². The van der Waals surface area contributed by atoms with Crippen molar-refractivity contribution in [1.82, 2.24) is 4.72 Å². The summed E-state index contributed by atoms with van der Waals surface area (Å²) in [4.78, 5) is 0. The highest BCUT2D eigenvalue weighted by Gasteiger charge is 2.16. The molecule has 0 bridgehead atoms. The van der Waals surface area contributed by atoms with Gasteiger partial charge in [0.1, 0.15) is 5.82 Å². The van der Waals surface area contributed by atoms with E-state index in [4.69, 9.17) is 0 Å². The number of nitrogens with one attached hydrogen (secondary N) is 1. The molecule has 3 nitrogen and oxygen atoms in total. The quantitative estimate of drug-likeness (QED) is 0.921. The van der Waals surface area contributed by atoms with Gasteiger partial charge in [-0.05, 0) is 37.1 Å². The van der Waals surface area contributed by atoms with Gasteiger partial charge < -0.3 is 0 Å². The standard InChI is InChI=1S/C16H18FNO2S/c1-12-4-3-5-14(10-12)11-21(19,20)18-13(2)15-6-8-16(17)9-7-15/h3-10,13,18H,11H2,1-2H3/t13-/m1/s1. The monoisotopic (exact) mass is 307 g/mol. The van der Waals surface area contributed by atoms with E-state index < -0.39 is 16.1 Å². The lowest BCUT2D eigenvalue weighted by molar-refractivity contribution is 0.565. The molecule has 112 valence electrons. The van der Waals surface area contributed by atoms with Gasteiger partial charge in [0, 0.05) is 6.04 Å². The van der Waals surface area contributed by atoms with E-state index in [1.54, 1.807) is 25.1 Å². The van der Waals surface area contributed by atoms with E-state index in [9.17, 15) is 12.8 Å². The van der Waals surface area contributed by atoms with Gasteiger partial charge in [0.2, 0.25) is 10.0 Å². The van der Waals surface area contributed by atoms with Crippen LogP contribution in [0.15, 0.2) is 48.5 Å². The fourth-order valence-electron chi connectivity index (χ4n) is 2.15. The minimum absolute atomic E-state index is 0.0692. The van der Waals surface area contributed by atoms with Crippen LogP contribution in [0.3, 0.4) is 0 Å². The van der Waals surface area contributed by atoms with Crippen molar-refractivity contribution in [3.05, 3.63) is 71.0 Å². The third-order valence-corrected chi connectivity index (χ3v) is 4.59. The molecule has 0 spiro atoms. The van der Waals surface area contributed by atoms with Crippen molar-refractivity contribution in [2.45, 2.75) is 25.6 Å². The zero-order chi connectivity index (χ0) is 15.5. The molecule has 0 saturated carbocycles. The van der Waals surface area contributed by atoms with Crippen LogP contribution in [0.1, 0.15) is 29.7 Å². The van der Waals surface area contributed by atoms with Crippen LogP contribution in [0, 0.1) is 12.7 Å². The Kier molecular flexibility index (Phi) is 4.75. The third-order valence-electron chi connectivity index (χ3n) is 3.17. The number of rotatable bonds is 5. The van der Waals surface area contributed by atoms with Crippen molar-refractivity contribution in [3.63, 3.8) is 0 Å². The molecule has 0 amide bonds. The van der Waals surface area contributed by atoms with Crippen molar-refractivity contribution in [1.29, 1.82) is 0 Å². The van der Waals surface area contributed by atoms with Gasteiger partial charge in [0.05, 0.1) is 5.75 Å². The maximum Gasteiger partial charge on any atom is 0.216 e. The Bertz CT molecular complexity index is 711. The molecule has 0 aliphatic rings. The van der Waals surface area contributed by atoms with Crippen molar-refractivity contribution in [2.75, 3.05) is 0 Å². The van der Waals surface area contributed by atoms with Crippen molar-refractivity contribution < 1.29 is 12.8 Å². The highest BCUT2D eigenvalue weighted by Crippen LogP contribution is 2.16. The summed E-state index contributed by atoms with van der Waals surface area (Å²) < 4.78 is 39.8. The van der Waals surface area contributed by atoms with Crippen LogP contribution in [0.25, 0.3) is 0 Å². The summed E-state index contributed by atoms with van der Waals surface area (Å²) in [6, 6.07) is 12.8. The second kappa shape index (κ2) is 6.37. The summed E-state index contributed by atoms with van der Waals surface area (Å²) in [5.41, 5.74) is 2.49. The van der Waals surface area contributed by atoms with Crippen LogP contribution >= 0.6 is 0 Å². The van der Waals surface area contributed by atoms with Gasteiger partial charge in [0.25, 0.3) is 0 Å². The molecule has 0 heterocycles. The minimum atomic E-state index is -3.45. The zero-order valence-corrected chi connectivity index (χ0v) is 12.8. The van der Waals surface area contributed by atoms with Crippen molar-refractivity contribution in [2.24, 2.45) is 0 Å². The number of aryl methyl sites for hydroxylation is 1. The minimum Gasteiger partial charge on any atom is -0.212 e. The molecule has 0 aliphatic carbocycles. The lowest BCUT2D eigenvalue weighted by atomic mass is 10.1. The lowest BCUT2D eigenvalue weighted by Gasteiger charge is -2.15. The molecule has 0 aliphatic heterocycles. The summed E-state index contributed by atoms with van der Waals surface area (Å²) in [6.45, 7) is 3.66. The molecule has 0 fully saturated rings. The van der Waals surface area contributed by atoms with E-state index in [-0.39, 0.29) is 11.6 Å². The second-order valence-corrected chi connectivity index (χ2v) is 6.89. The van der Waals surface area contributed by atoms with Gasteiger partial charge in [-0.3, -0.25) is 0 Å². The lowest BCUT2D eigenvalue weighted by Crippen LogP contribution is -2.28. The number of benzene rings is 2. The van der Waals surface area contributed by atoms with Crippen LogP contribution in [-0.4, -0.2) is 8.42 Å². The maximum atomic E-state index is 12.9. The first-order valence-electron chi connectivity index (χ1n) is 6.67. The van der Waals surface area contributed by atoms with Crippen LogP contribution in [0.4, 0.5) is 4.39 Å². The summed E-state index contributed by atoms with van der Waals surface area (Å²) in [5, 5.41) is 0. The summed E-state index contributed by atoms with van der Waals surface area (Å²) in [6.07, 6.45) is 0. The van der Waals surface area contributed by atoms with E-state index in [1.807, 2.05) is 25.1 Å². The Labute approximate surface area is 124 Å². The van der Waals surface area contributed by atoms with Gasteiger partial charge in [0.15, 0.2) is 0 Å². The van der Waals surface area contributed by atoms with Crippen LogP contribution in [0.5, 0.6) is 0 Å². The predicted molar refractivity (Wildman–Crippen MR) is 81.8 cm³/mol. The number of hydrogen-bond acceptors (Lipinski definition) is 2. The average molecular weight is 307 g/mol. The van der Waals surface area contributed by atoms with E-state index in [2.05, 4.69) is 4.72 Å². The highest BCUT2D eigenvalue weighted by molar-refractivity contribution is 7.88. The molecule has 0 saturated heterocycles. The molecule has 21 heavy (non-hydrogen) atoms. The highest BCUT2D eigenvalue weighted by atomic mass is 32.2. The Morgan fingerprint density at radius 1 is 1.14 bits per heavy atom. The number of hydrogen-bond donors (Lipinski definition) is 1. The first-order valence-corrected chi connectivity index (χ1v) is 8.32. The number of sulfonamides is 1. The fraction of sp³-hybridized carbons (Fsp3) is 0.250. The van der Waals surface area contributed by atoms with Gasteiger partial charge in [-0.25, -0.2) is 17.5 Å². The van der Waals surface area contributed by atoms with Crippen LogP contribution < -0.4 is 4.72 Å². The molecule has 2 aromatic carbocycles. The molecule has 1 atom stereocenters. The first-order chi connectivity index (χ1) is 9.85. The summed E-state index contributed by atoms with van der Waals surface area (Å²) >= 11 is 0. The largest absolute Gasteiger partial charge is 0.216 e. The Hall–Kier alpha value is -1.72.